The van der Waals surface area contributed by atoms with E-state index in [-0.39, 0.29) is 5.84 Å². The lowest BCUT2D eigenvalue weighted by atomic mass is 10.1. The van der Waals surface area contributed by atoms with Gasteiger partial charge in [-0.2, -0.15) is 5.10 Å². The summed E-state index contributed by atoms with van der Waals surface area (Å²) in [5.74, 6) is 0.526. The highest BCUT2D eigenvalue weighted by Gasteiger charge is 2.13. The SMILES string of the molecule is Cc1cc(C)c(C(=N)N)c(-n2cncn2)n1. The van der Waals surface area contributed by atoms with Crippen molar-refractivity contribution in [1.82, 2.24) is 19.7 Å². The van der Waals surface area contributed by atoms with Crippen LogP contribution in [0.2, 0.25) is 0 Å². The van der Waals surface area contributed by atoms with Crippen molar-refractivity contribution in [2.75, 3.05) is 0 Å². The van der Waals surface area contributed by atoms with Crippen molar-refractivity contribution >= 4 is 5.84 Å². The molecular weight excluding hydrogens is 204 g/mol. The van der Waals surface area contributed by atoms with E-state index in [4.69, 9.17) is 11.1 Å². The second-order valence-corrected chi connectivity index (χ2v) is 3.53. The molecule has 0 aromatic carbocycles. The summed E-state index contributed by atoms with van der Waals surface area (Å²) in [4.78, 5) is 8.20. The molecule has 0 saturated carbocycles. The molecule has 3 N–H and O–H groups in total. The Labute approximate surface area is 92.7 Å². The van der Waals surface area contributed by atoms with Gasteiger partial charge in [-0.3, -0.25) is 5.41 Å². The van der Waals surface area contributed by atoms with Gasteiger partial charge in [0.2, 0.25) is 0 Å². The number of nitrogen functional groups attached to an aromatic ring is 1. The third-order valence-corrected chi connectivity index (χ3v) is 2.23. The molecule has 0 aliphatic rings. The van der Waals surface area contributed by atoms with Crippen LogP contribution in [-0.4, -0.2) is 25.6 Å². The molecule has 6 nitrogen and oxygen atoms in total. The van der Waals surface area contributed by atoms with Gasteiger partial charge in [0.15, 0.2) is 5.82 Å². The van der Waals surface area contributed by atoms with Crippen LogP contribution >= 0.6 is 0 Å². The first kappa shape index (κ1) is 10.3. The maximum absolute atomic E-state index is 7.57. The van der Waals surface area contributed by atoms with E-state index in [1.54, 1.807) is 0 Å². The monoisotopic (exact) mass is 216 g/mol. The maximum atomic E-state index is 7.57. The molecule has 0 bridgehead atoms. The van der Waals surface area contributed by atoms with Crippen molar-refractivity contribution in [1.29, 1.82) is 5.41 Å². The number of aromatic nitrogens is 4. The molecule has 0 radical (unpaired) electrons. The average Bonchev–Trinajstić information content (AvgIpc) is 2.67. The number of nitrogens with one attached hydrogen (secondary N) is 1. The number of hydrogen-bond acceptors (Lipinski definition) is 4. The molecule has 2 aromatic heterocycles. The topological polar surface area (TPSA) is 93.5 Å². The maximum Gasteiger partial charge on any atom is 0.166 e. The van der Waals surface area contributed by atoms with Gasteiger partial charge in [0.25, 0.3) is 0 Å². The Morgan fingerprint density at radius 3 is 2.75 bits per heavy atom. The summed E-state index contributed by atoms with van der Waals surface area (Å²) >= 11 is 0. The predicted molar refractivity (Wildman–Crippen MR) is 59.6 cm³/mol. The Morgan fingerprint density at radius 1 is 1.44 bits per heavy atom. The molecule has 16 heavy (non-hydrogen) atoms. The molecule has 2 heterocycles. The molecule has 0 unspecified atom stereocenters. The van der Waals surface area contributed by atoms with Gasteiger partial charge in [0.05, 0.1) is 5.56 Å². The Balaban J connectivity index is 2.72. The third-order valence-electron chi connectivity index (χ3n) is 2.23. The summed E-state index contributed by atoms with van der Waals surface area (Å²) in [6.07, 6.45) is 2.96. The molecule has 0 spiro atoms. The van der Waals surface area contributed by atoms with Crippen molar-refractivity contribution in [3.8, 4) is 5.82 Å². The first-order valence-electron chi connectivity index (χ1n) is 4.77. The zero-order chi connectivity index (χ0) is 11.7. The molecule has 6 heteroatoms. The van der Waals surface area contributed by atoms with Gasteiger partial charge in [-0.15, -0.1) is 0 Å². The third kappa shape index (κ3) is 1.65. The molecule has 0 amide bonds. The lowest BCUT2D eigenvalue weighted by Gasteiger charge is -2.10. The normalized spacial score (nSPS) is 10.4. The van der Waals surface area contributed by atoms with Gasteiger partial charge in [-0.1, -0.05) is 0 Å². The lowest BCUT2D eigenvalue weighted by molar-refractivity contribution is 0.833. The zero-order valence-electron chi connectivity index (χ0n) is 9.10. The molecule has 0 aliphatic heterocycles. The first-order chi connectivity index (χ1) is 7.59. The lowest BCUT2D eigenvalue weighted by Crippen LogP contribution is -2.18. The summed E-state index contributed by atoms with van der Waals surface area (Å²) in [6, 6.07) is 1.89. The second-order valence-electron chi connectivity index (χ2n) is 3.53. The van der Waals surface area contributed by atoms with Crippen molar-refractivity contribution in [3.05, 3.63) is 35.5 Å². The zero-order valence-corrected chi connectivity index (χ0v) is 9.10. The van der Waals surface area contributed by atoms with Crippen LogP contribution in [0.4, 0.5) is 0 Å². The second kappa shape index (κ2) is 3.73. The Hall–Kier alpha value is -2.24. The molecule has 0 fully saturated rings. The molecule has 0 atom stereocenters. The van der Waals surface area contributed by atoms with Crippen LogP contribution in [0.15, 0.2) is 18.7 Å². The van der Waals surface area contributed by atoms with E-state index in [1.807, 2.05) is 19.9 Å². The fourth-order valence-electron chi connectivity index (χ4n) is 1.63. The van der Waals surface area contributed by atoms with E-state index < -0.39 is 0 Å². The molecule has 2 rings (SSSR count). The highest BCUT2D eigenvalue weighted by atomic mass is 15.3. The van der Waals surface area contributed by atoms with Crippen molar-refractivity contribution in [2.45, 2.75) is 13.8 Å². The summed E-state index contributed by atoms with van der Waals surface area (Å²) in [5.41, 5.74) is 7.91. The molecule has 82 valence electrons. The van der Waals surface area contributed by atoms with E-state index in [9.17, 15) is 0 Å². The van der Waals surface area contributed by atoms with Gasteiger partial charge in [0.1, 0.15) is 18.5 Å². The van der Waals surface area contributed by atoms with Crippen molar-refractivity contribution in [3.63, 3.8) is 0 Å². The van der Waals surface area contributed by atoms with Gasteiger partial charge < -0.3 is 5.73 Å². The smallest absolute Gasteiger partial charge is 0.166 e. The summed E-state index contributed by atoms with van der Waals surface area (Å²) in [5, 5.41) is 11.6. The number of nitrogens with two attached hydrogens (primary N) is 1. The highest BCUT2D eigenvalue weighted by molar-refractivity contribution is 5.99. The number of rotatable bonds is 2. The molecule has 2 aromatic rings. The van der Waals surface area contributed by atoms with E-state index in [0.29, 0.717) is 11.4 Å². The number of aryl methyl sites for hydroxylation is 2. The highest BCUT2D eigenvalue weighted by Crippen LogP contribution is 2.16. The minimum atomic E-state index is -0.0181. The Bertz CT molecular complexity index is 528. The van der Waals surface area contributed by atoms with Crippen LogP contribution in [0.1, 0.15) is 16.8 Å². The molecule has 0 aliphatic carbocycles. The van der Waals surface area contributed by atoms with Gasteiger partial charge in [0, 0.05) is 5.69 Å². The van der Waals surface area contributed by atoms with E-state index in [2.05, 4.69) is 15.1 Å². The van der Waals surface area contributed by atoms with Crippen molar-refractivity contribution in [2.24, 2.45) is 5.73 Å². The van der Waals surface area contributed by atoms with Gasteiger partial charge in [-0.05, 0) is 25.5 Å². The minimum Gasteiger partial charge on any atom is -0.384 e. The fourth-order valence-corrected chi connectivity index (χ4v) is 1.63. The summed E-state index contributed by atoms with van der Waals surface area (Å²) in [7, 11) is 0. The molecule has 0 saturated heterocycles. The fraction of sp³-hybridized carbons (Fsp3) is 0.200. The number of pyridine rings is 1. The van der Waals surface area contributed by atoms with Crippen molar-refractivity contribution < 1.29 is 0 Å². The van der Waals surface area contributed by atoms with Crippen LogP contribution in [-0.2, 0) is 0 Å². The number of amidine groups is 1. The van der Waals surface area contributed by atoms with Crippen LogP contribution in [0, 0.1) is 19.3 Å². The largest absolute Gasteiger partial charge is 0.384 e. The minimum absolute atomic E-state index is 0.0181. The van der Waals surface area contributed by atoms with Gasteiger partial charge in [-0.25, -0.2) is 14.6 Å². The number of hydrogen-bond donors (Lipinski definition) is 2. The van der Waals surface area contributed by atoms with Crippen LogP contribution in [0.3, 0.4) is 0 Å². The van der Waals surface area contributed by atoms with Crippen LogP contribution in [0.25, 0.3) is 5.82 Å². The van der Waals surface area contributed by atoms with Gasteiger partial charge >= 0.3 is 0 Å². The van der Waals surface area contributed by atoms with E-state index in [1.165, 1.54) is 17.3 Å². The predicted octanol–water partition coefficient (Wildman–Crippen LogP) is 0.563. The standard InChI is InChI=1S/C10H12N6/c1-6-3-7(2)15-10(8(6)9(11)12)16-5-13-4-14-16/h3-5H,1-2H3,(H3,11,12). The average molecular weight is 216 g/mol. The summed E-state index contributed by atoms with van der Waals surface area (Å²) in [6.45, 7) is 3.78. The van der Waals surface area contributed by atoms with Crippen LogP contribution in [0.5, 0.6) is 0 Å². The number of nitrogens with zero attached hydrogens (tertiary/aromatic N) is 4. The molecular formula is C10H12N6. The van der Waals surface area contributed by atoms with Crippen LogP contribution < -0.4 is 5.73 Å². The van der Waals surface area contributed by atoms with E-state index in [0.717, 1.165) is 11.3 Å². The summed E-state index contributed by atoms with van der Waals surface area (Å²) < 4.78 is 1.51. The van der Waals surface area contributed by atoms with E-state index >= 15 is 0 Å². The first-order valence-corrected chi connectivity index (χ1v) is 4.77. The quantitative estimate of drug-likeness (QED) is 0.566. The Morgan fingerprint density at radius 2 is 2.19 bits per heavy atom. The Kier molecular flexibility index (Phi) is 2.40.